The van der Waals surface area contributed by atoms with Crippen LogP contribution in [0.1, 0.15) is 39.0 Å². The van der Waals surface area contributed by atoms with E-state index in [9.17, 15) is 4.79 Å². The van der Waals surface area contributed by atoms with E-state index in [2.05, 4.69) is 23.1 Å². The number of nitrogens with one attached hydrogen (secondary N) is 3. The maximum Gasteiger partial charge on any atom is 0.303 e. The molecule has 2 atom stereocenters. The molecule has 96 valence electrons. The molecule has 0 aromatic rings. The smallest absolute Gasteiger partial charge is 0.303 e. The number of rotatable bonds is 10. The average Bonchev–Trinajstić information content (AvgIpc) is 2.25. The summed E-state index contributed by atoms with van der Waals surface area (Å²) in [7, 11) is 3.80. The molecule has 0 heterocycles. The molecule has 0 saturated heterocycles. The highest BCUT2D eigenvalue weighted by Crippen LogP contribution is 2.08. The van der Waals surface area contributed by atoms with Crippen LogP contribution in [0, 0.1) is 0 Å². The molecule has 0 fully saturated rings. The molecule has 0 aromatic heterocycles. The molecule has 4 N–H and O–H groups in total. The van der Waals surface area contributed by atoms with Crippen LogP contribution in [0.2, 0.25) is 0 Å². The fraction of sp³-hybridized carbons (Fsp3) is 0.909. The Morgan fingerprint density at radius 2 is 1.94 bits per heavy atom. The summed E-state index contributed by atoms with van der Waals surface area (Å²) in [6, 6.07) is 0.770. The Kier molecular flexibility index (Phi) is 9.18. The lowest BCUT2D eigenvalue weighted by Gasteiger charge is -2.24. The van der Waals surface area contributed by atoms with E-state index in [0.29, 0.717) is 12.1 Å². The molecule has 0 saturated carbocycles. The standard InChI is InChI=1S/C11H25N3O2/c1-9(12-2)10(14-13-3)7-5-4-6-8-11(15)16/h9-10,12-14H,4-8H2,1-3H3,(H,15,16). The zero-order valence-electron chi connectivity index (χ0n) is 10.5. The van der Waals surface area contributed by atoms with Crippen molar-refractivity contribution in [3.63, 3.8) is 0 Å². The van der Waals surface area contributed by atoms with Gasteiger partial charge in [0.1, 0.15) is 0 Å². The maximum atomic E-state index is 10.3. The molecule has 0 radical (unpaired) electrons. The zero-order chi connectivity index (χ0) is 12.4. The third kappa shape index (κ3) is 7.62. The molecule has 0 aliphatic rings. The summed E-state index contributed by atoms with van der Waals surface area (Å²) in [4.78, 5) is 10.3. The number of carboxylic acid groups (broad SMARTS) is 1. The first-order chi connectivity index (χ1) is 7.61. The summed E-state index contributed by atoms with van der Waals surface area (Å²) in [5.74, 6) is -0.700. The van der Waals surface area contributed by atoms with Crippen molar-refractivity contribution in [1.29, 1.82) is 0 Å². The van der Waals surface area contributed by atoms with E-state index in [1.807, 2.05) is 14.1 Å². The van der Waals surface area contributed by atoms with Crippen LogP contribution in [0.25, 0.3) is 0 Å². The molecular formula is C11H25N3O2. The molecule has 0 aliphatic carbocycles. The van der Waals surface area contributed by atoms with E-state index < -0.39 is 5.97 Å². The quantitative estimate of drug-likeness (QED) is 0.329. The van der Waals surface area contributed by atoms with Crippen molar-refractivity contribution < 1.29 is 9.90 Å². The minimum atomic E-state index is -0.700. The molecule has 0 aromatic carbocycles. The van der Waals surface area contributed by atoms with E-state index in [1.165, 1.54) is 0 Å². The second kappa shape index (κ2) is 9.57. The van der Waals surface area contributed by atoms with Gasteiger partial charge < -0.3 is 10.4 Å². The SMILES string of the molecule is CNNC(CCCCCC(=O)O)C(C)NC. The number of carboxylic acids is 1. The summed E-state index contributed by atoms with van der Waals surface area (Å²) in [5, 5.41) is 11.7. The topological polar surface area (TPSA) is 73.4 Å². The van der Waals surface area contributed by atoms with E-state index >= 15 is 0 Å². The monoisotopic (exact) mass is 231 g/mol. The summed E-state index contributed by atoms with van der Waals surface area (Å²) in [5.41, 5.74) is 6.16. The fourth-order valence-electron chi connectivity index (χ4n) is 1.65. The Bertz CT molecular complexity index is 188. The Morgan fingerprint density at radius 1 is 1.25 bits per heavy atom. The molecule has 5 heteroatoms. The van der Waals surface area contributed by atoms with Gasteiger partial charge in [-0.2, -0.15) is 0 Å². The molecule has 0 aliphatic heterocycles. The predicted molar refractivity (Wildman–Crippen MR) is 65.2 cm³/mol. The zero-order valence-corrected chi connectivity index (χ0v) is 10.5. The van der Waals surface area contributed by atoms with Crippen molar-refractivity contribution in [2.75, 3.05) is 14.1 Å². The van der Waals surface area contributed by atoms with Gasteiger partial charge in [-0.25, -0.2) is 0 Å². The van der Waals surface area contributed by atoms with E-state index in [-0.39, 0.29) is 6.42 Å². The number of hydrazine groups is 1. The predicted octanol–water partition coefficient (Wildman–Crippen LogP) is 0.722. The Morgan fingerprint density at radius 3 is 2.44 bits per heavy atom. The number of hydrogen-bond donors (Lipinski definition) is 4. The second-order valence-corrected chi connectivity index (χ2v) is 4.07. The van der Waals surface area contributed by atoms with Crippen LogP contribution >= 0.6 is 0 Å². The second-order valence-electron chi connectivity index (χ2n) is 4.07. The first-order valence-electron chi connectivity index (χ1n) is 5.93. The molecular weight excluding hydrogens is 206 g/mol. The van der Waals surface area contributed by atoms with Crippen LogP contribution in [0.5, 0.6) is 0 Å². The van der Waals surface area contributed by atoms with Crippen molar-refractivity contribution in [2.45, 2.75) is 51.1 Å². The van der Waals surface area contributed by atoms with Crippen LogP contribution < -0.4 is 16.2 Å². The van der Waals surface area contributed by atoms with Gasteiger partial charge in [0.05, 0.1) is 0 Å². The van der Waals surface area contributed by atoms with Crippen molar-refractivity contribution in [2.24, 2.45) is 0 Å². The van der Waals surface area contributed by atoms with Gasteiger partial charge in [-0.05, 0) is 33.9 Å². The highest BCUT2D eigenvalue weighted by atomic mass is 16.4. The minimum Gasteiger partial charge on any atom is -0.481 e. The van der Waals surface area contributed by atoms with Gasteiger partial charge in [-0.3, -0.25) is 15.6 Å². The number of hydrogen-bond acceptors (Lipinski definition) is 4. The molecule has 2 unspecified atom stereocenters. The summed E-state index contributed by atoms with van der Waals surface area (Å²) < 4.78 is 0. The third-order valence-corrected chi connectivity index (χ3v) is 2.79. The number of carbonyl (C=O) groups is 1. The van der Waals surface area contributed by atoms with Crippen molar-refractivity contribution >= 4 is 5.97 Å². The summed E-state index contributed by atoms with van der Waals surface area (Å²) in [6.07, 6.45) is 4.13. The lowest BCUT2D eigenvalue weighted by Crippen LogP contribution is -2.49. The van der Waals surface area contributed by atoms with Crippen molar-refractivity contribution in [1.82, 2.24) is 16.2 Å². The van der Waals surface area contributed by atoms with Gasteiger partial charge in [0, 0.05) is 18.5 Å². The van der Waals surface area contributed by atoms with E-state index in [1.54, 1.807) is 0 Å². The Hall–Kier alpha value is -0.650. The minimum absolute atomic E-state index is 0.283. The van der Waals surface area contributed by atoms with Gasteiger partial charge in [0.25, 0.3) is 0 Å². The third-order valence-electron chi connectivity index (χ3n) is 2.79. The van der Waals surface area contributed by atoms with Crippen LogP contribution in [-0.4, -0.2) is 37.3 Å². The van der Waals surface area contributed by atoms with E-state index in [0.717, 1.165) is 25.7 Å². The van der Waals surface area contributed by atoms with Gasteiger partial charge in [0.2, 0.25) is 0 Å². The van der Waals surface area contributed by atoms with Crippen molar-refractivity contribution in [3.8, 4) is 0 Å². The molecule has 0 amide bonds. The highest BCUT2D eigenvalue weighted by Gasteiger charge is 2.13. The van der Waals surface area contributed by atoms with Crippen molar-refractivity contribution in [3.05, 3.63) is 0 Å². The average molecular weight is 231 g/mol. The Balaban J connectivity index is 3.63. The van der Waals surface area contributed by atoms with Gasteiger partial charge >= 0.3 is 5.97 Å². The van der Waals surface area contributed by atoms with Crippen LogP contribution in [0.3, 0.4) is 0 Å². The first-order valence-corrected chi connectivity index (χ1v) is 5.93. The number of unbranched alkanes of at least 4 members (excludes halogenated alkanes) is 2. The lowest BCUT2D eigenvalue weighted by molar-refractivity contribution is -0.137. The lowest BCUT2D eigenvalue weighted by atomic mass is 10.0. The molecule has 16 heavy (non-hydrogen) atoms. The summed E-state index contributed by atoms with van der Waals surface area (Å²) in [6.45, 7) is 2.13. The van der Waals surface area contributed by atoms with Gasteiger partial charge in [-0.15, -0.1) is 0 Å². The molecule has 0 spiro atoms. The molecule has 0 rings (SSSR count). The van der Waals surface area contributed by atoms with Crippen LogP contribution in [-0.2, 0) is 4.79 Å². The first kappa shape index (κ1) is 15.3. The fourth-order valence-corrected chi connectivity index (χ4v) is 1.65. The molecule has 5 nitrogen and oxygen atoms in total. The van der Waals surface area contributed by atoms with E-state index in [4.69, 9.17) is 5.11 Å². The highest BCUT2D eigenvalue weighted by molar-refractivity contribution is 5.66. The summed E-state index contributed by atoms with van der Waals surface area (Å²) >= 11 is 0. The van der Waals surface area contributed by atoms with Crippen LogP contribution in [0.15, 0.2) is 0 Å². The number of likely N-dealkylation sites (N-methyl/N-ethyl adjacent to an activating group) is 1. The maximum absolute atomic E-state index is 10.3. The van der Waals surface area contributed by atoms with Gasteiger partial charge in [-0.1, -0.05) is 12.8 Å². The number of aliphatic carboxylic acids is 1. The molecule has 0 bridgehead atoms. The van der Waals surface area contributed by atoms with Crippen LogP contribution in [0.4, 0.5) is 0 Å². The van der Waals surface area contributed by atoms with Gasteiger partial charge in [0.15, 0.2) is 0 Å². The largest absolute Gasteiger partial charge is 0.481 e. The normalized spacial score (nSPS) is 14.7. The Labute approximate surface area is 98.0 Å².